The van der Waals surface area contributed by atoms with Crippen molar-refractivity contribution in [1.29, 1.82) is 5.26 Å². The quantitative estimate of drug-likeness (QED) is 0.809. The van der Waals surface area contributed by atoms with Crippen LogP contribution >= 0.6 is 0 Å². The van der Waals surface area contributed by atoms with Crippen molar-refractivity contribution in [1.82, 2.24) is 10.2 Å². The minimum absolute atomic E-state index is 0.0720. The lowest BCUT2D eigenvalue weighted by atomic mass is 9.96. The molecule has 1 heterocycles. The van der Waals surface area contributed by atoms with Crippen LogP contribution in [0.4, 0.5) is 0 Å². The fourth-order valence-electron chi connectivity index (χ4n) is 2.21. The van der Waals surface area contributed by atoms with Crippen molar-refractivity contribution in [3.05, 3.63) is 0 Å². The highest BCUT2D eigenvalue weighted by atomic mass is 16.2. The zero-order valence-corrected chi connectivity index (χ0v) is 11.3. The summed E-state index contributed by atoms with van der Waals surface area (Å²) in [4.78, 5) is 14.3. The predicted molar refractivity (Wildman–Crippen MR) is 67.3 cm³/mol. The first-order valence-electron chi connectivity index (χ1n) is 6.30. The summed E-state index contributed by atoms with van der Waals surface area (Å²) in [6.45, 7) is 9.98. The van der Waals surface area contributed by atoms with Gasteiger partial charge in [-0.2, -0.15) is 5.26 Å². The molecular weight excluding hydrogens is 214 g/mol. The number of hydrogen-bond acceptors (Lipinski definition) is 3. The van der Waals surface area contributed by atoms with E-state index < -0.39 is 0 Å². The Labute approximate surface area is 104 Å². The standard InChI is InChI=1S/C13H23N3O/c1-10(2)9-16-12(17)11(5-7-14)15-8-6-13(16,3)4/h10-11,15H,5-6,8-9H2,1-4H3. The minimum atomic E-state index is -0.333. The predicted octanol–water partition coefficient (Wildman–Crippen LogP) is 1.53. The SMILES string of the molecule is CC(C)CN1C(=O)C(CC#N)NCCC1(C)C. The third-order valence-electron chi connectivity index (χ3n) is 3.27. The van der Waals surface area contributed by atoms with Crippen LogP contribution in [0.1, 0.15) is 40.5 Å². The number of amides is 1. The van der Waals surface area contributed by atoms with Crippen LogP contribution in [0.25, 0.3) is 0 Å². The maximum atomic E-state index is 12.4. The molecule has 0 aromatic rings. The van der Waals surface area contributed by atoms with Crippen molar-refractivity contribution < 1.29 is 4.79 Å². The van der Waals surface area contributed by atoms with Gasteiger partial charge in [0.05, 0.1) is 18.5 Å². The second kappa shape index (κ2) is 5.50. The van der Waals surface area contributed by atoms with Crippen LogP contribution in [0.5, 0.6) is 0 Å². The maximum absolute atomic E-state index is 12.4. The highest BCUT2D eigenvalue weighted by Crippen LogP contribution is 2.24. The molecule has 1 saturated heterocycles. The zero-order valence-electron chi connectivity index (χ0n) is 11.3. The summed E-state index contributed by atoms with van der Waals surface area (Å²) in [7, 11) is 0. The number of rotatable bonds is 3. The van der Waals surface area contributed by atoms with Crippen LogP contribution in [0, 0.1) is 17.2 Å². The molecule has 0 aromatic carbocycles. The van der Waals surface area contributed by atoms with Crippen molar-refractivity contribution in [2.75, 3.05) is 13.1 Å². The van der Waals surface area contributed by atoms with E-state index in [1.807, 2.05) is 4.90 Å². The van der Waals surface area contributed by atoms with Crippen molar-refractivity contribution in [3.8, 4) is 6.07 Å². The minimum Gasteiger partial charge on any atom is -0.336 e. The molecule has 1 fully saturated rings. The molecule has 1 atom stereocenters. The Morgan fingerprint density at radius 3 is 2.76 bits per heavy atom. The van der Waals surface area contributed by atoms with Crippen molar-refractivity contribution in [3.63, 3.8) is 0 Å². The Kier molecular flexibility index (Phi) is 4.53. The maximum Gasteiger partial charge on any atom is 0.241 e. The molecule has 0 spiro atoms. The van der Waals surface area contributed by atoms with Gasteiger partial charge in [-0.3, -0.25) is 4.79 Å². The molecule has 1 rings (SSSR count). The number of carbonyl (C=O) groups is 1. The smallest absolute Gasteiger partial charge is 0.241 e. The summed E-state index contributed by atoms with van der Waals surface area (Å²) in [6, 6.07) is 1.75. The average molecular weight is 237 g/mol. The molecule has 1 aliphatic heterocycles. The first-order chi connectivity index (χ1) is 7.88. The normalized spacial score (nSPS) is 24.6. The van der Waals surface area contributed by atoms with E-state index in [0.29, 0.717) is 5.92 Å². The van der Waals surface area contributed by atoms with E-state index in [9.17, 15) is 4.79 Å². The molecule has 0 aromatic heterocycles. The van der Waals surface area contributed by atoms with E-state index in [-0.39, 0.29) is 23.9 Å². The van der Waals surface area contributed by atoms with Gasteiger partial charge >= 0.3 is 0 Å². The molecule has 1 N–H and O–H groups in total. The molecular formula is C13H23N3O. The average Bonchev–Trinajstić information content (AvgIpc) is 2.31. The van der Waals surface area contributed by atoms with Gasteiger partial charge in [0.15, 0.2) is 0 Å². The van der Waals surface area contributed by atoms with Gasteiger partial charge in [0, 0.05) is 12.1 Å². The number of carbonyl (C=O) groups excluding carboxylic acids is 1. The number of nitrogens with zero attached hydrogens (tertiary/aromatic N) is 2. The van der Waals surface area contributed by atoms with Gasteiger partial charge in [0.1, 0.15) is 0 Å². The van der Waals surface area contributed by atoms with Crippen molar-refractivity contribution in [2.24, 2.45) is 5.92 Å². The number of nitrogens with one attached hydrogen (secondary N) is 1. The van der Waals surface area contributed by atoms with E-state index in [1.165, 1.54) is 0 Å². The molecule has 1 aliphatic rings. The van der Waals surface area contributed by atoms with Crippen LogP contribution in [-0.4, -0.2) is 35.5 Å². The number of nitriles is 1. The van der Waals surface area contributed by atoms with Crippen LogP contribution in [-0.2, 0) is 4.79 Å². The first kappa shape index (κ1) is 14.0. The third kappa shape index (κ3) is 3.44. The second-order valence-electron chi connectivity index (χ2n) is 5.77. The molecule has 0 bridgehead atoms. The summed E-state index contributed by atoms with van der Waals surface area (Å²) in [6.07, 6.45) is 1.18. The van der Waals surface area contributed by atoms with E-state index in [2.05, 4.69) is 39.1 Å². The number of hydrogen-bond donors (Lipinski definition) is 1. The molecule has 1 unspecified atom stereocenters. The molecule has 0 saturated carbocycles. The van der Waals surface area contributed by atoms with E-state index in [1.54, 1.807) is 0 Å². The molecule has 1 amide bonds. The Hall–Kier alpha value is -1.08. The van der Waals surface area contributed by atoms with E-state index >= 15 is 0 Å². The molecule has 4 nitrogen and oxygen atoms in total. The Bertz CT molecular complexity index is 317. The lowest BCUT2D eigenvalue weighted by Gasteiger charge is -2.39. The van der Waals surface area contributed by atoms with Crippen molar-refractivity contribution >= 4 is 5.91 Å². The molecule has 4 heteroatoms. The summed E-state index contributed by atoms with van der Waals surface area (Å²) >= 11 is 0. The van der Waals surface area contributed by atoms with Gasteiger partial charge in [-0.25, -0.2) is 0 Å². The highest BCUT2D eigenvalue weighted by Gasteiger charge is 2.37. The van der Waals surface area contributed by atoms with E-state index in [4.69, 9.17) is 5.26 Å². The van der Waals surface area contributed by atoms with Crippen LogP contribution in [0.2, 0.25) is 0 Å². The second-order valence-corrected chi connectivity index (χ2v) is 5.77. The van der Waals surface area contributed by atoms with Gasteiger partial charge in [-0.15, -0.1) is 0 Å². The summed E-state index contributed by atoms with van der Waals surface area (Å²) in [5, 5.41) is 11.9. The van der Waals surface area contributed by atoms with Crippen LogP contribution < -0.4 is 5.32 Å². The fourth-order valence-corrected chi connectivity index (χ4v) is 2.21. The van der Waals surface area contributed by atoms with Gasteiger partial charge < -0.3 is 10.2 Å². The topological polar surface area (TPSA) is 56.1 Å². The summed E-state index contributed by atoms with van der Waals surface area (Å²) in [5.74, 6) is 0.516. The first-order valence-corrected chi connectivity index (χ1v) is 6.30. The Balaban J connectivity index is 2.90. The highest BCUT2D eigenvalue weighted by molar-refractivity contribution is 5.83. The Morgan fingerprint density at radius 2 is 2.24 bits per heavy atom. The summed E-state index contributed by atoms with van der Waals surface area (Å²) < 4.78 is 0. The molecule has 17 heavy (non-hydrogen) atoms. The summed E-state index contributed by atoms with van der Waals surface area (Å²) in [5.41, 5.74) is -0.126. The van der Waals surface area contributed by atoms with Crippen molar-refractivity contribution in [2.45, 2.75) is 52.1 Å². The largest absolute Gasteiger partial charge is 0.336 e. The van der Waals surface area contributed by atoms with Gasteiger partial charge in [0.2, 0.25) is 5.91 Å². The van der Waals surface area contributed by atoms with Gasteiger partial charge in [0.25, 0.3) is 0 Å². The Morgan fingerprint density at radius 1 is 1.59 bits per heavy atom. The van der Waals surface area contributed by atoms with E-state index in [0.717, 1.165) is 19.5 Å². The van der Waals surface area contributed by atoms with Crippen LogP contribution in [0.15, 0.2) is 0 Å². The fraction of sp³-hybridized carbons (Fsp3) is 0.846. The molecule has 0 aliphatic carbocycles. The van der Waals surface area contributed by atoms with Crippen LogP contribution in [0.3, 0.4) is 0 Å². The van der Waals surface area contributed by atoms with Gasteiger partial charge in [-0.1, -0.05) is 13.8 Å². The molecule has 0 radical (unpaired) electrons. The zero-order chi connectivity index (χ0) is 13.1. The molecule has 96 valence electrons. The lowest BCUT2D eigenvalue weighted by Crippen LogP contribution is -2.52. The lowest BCUT2D eigenvalue weighted by molar-refractivity contribution is -0.138. The monoisotopic (exact) mass is 237 g/mol. The third-order valence-corrected chi connectivity index (χ3v) is 3.27. The van der Waals surface area contributed by atoms with Gasteiger partial charge in [-0.05, 0) is 32.7 Å².